The van der Waals surface area contributed by atoms with E-state index in [0.717, 1.165) is 6.20 Å². The molecule has 0 unspecified atom stereocenters. The Morgan fingerprint density at radius 3 is 2.62 bits per heavy atom. The summed E-state index contributed by atoms with van der Waals surface area (Å²) in [7, 11) is 0. The molecule has 0 saturated heterocycles. The van der Waals surface area contributed by atoms with Crippen molar-refractivity contribution in [3.05, 3.63) is 47.3 Å². The number of carboxylic acid groups (broad SMARTS) is 1. The summed E-state index contributed by atoms with van der Waals surface area (Å²) in [5.74, 6) is -1.40. The second kappa shape index (κ2) is 5.39. The minimum absolute atomic E-state index is 0.132. The SMILES string of the molecule is Cc1ccc(Oc2nccc(C(F)(F)F)n2)c(C(=O)O)c1. The minimum atomic E-state index is -4.63. The number of hydrogen-bond donors (Lipinski definition) is 1. The van der Waals surface area contributed by atoms with Crippen molar-refractivity contribution in [2.75, 3.05) is 0 Å². The molecule has 0 aliphatic rings. The molecular weight excluding hydrogens is 289 g/mol. The Hall–Kier alpha value is -2.64. The molecule has 2 rings (SSSR count). The van der Waals surface area contributed by atoms with Crippen LogP contribution < -0.4 is 4.74 Å². The molecule has 0 aliphatic carbocycles. The van der Waals surface area contributed by atoms with Gasteiger partial charge in [-0.2, -0.15) is 18.2 Å². The first-order chi connectivity index (χ1) is 9.77. The fourth-order valence-corrected chi connectivity index (χ4v) is 1.55. The van der Waals surface area contributed by atoms with E-state index in [2.05, 4.69) is 9.97 Å². The normalized spacial score (nSPS) is 11.2. The van der Waals surface area contributed by atoms with Crippen LogP contribution in [0.5, 0.6) is 11.8 Å². The summed E-state index contributed by atoms with van der Waals surface area (Å²) in [5.41, 5.74) is -0.683. The van der Waals surface area contributed by atoms with Crippen LogP contribution in [-0.2, 0) is 6.18 Å². The lowest BCUT2D eigenvalue weighted by atomic mass is 10.1. The average Bonchev–Trinajstić information content (AvgIpc) is 2.40. The topological polar surface area (TPSA) is 72.3 Å². The van der Waals surface area contributed by atoms with Crippen LogP contribution in [0, 0.1) is 6.92 Å². The highest BCUT2D eigenvalue weighted by atomic mass is 19.4. The lowest BCUT2D eigenvalue weighted by Crippen LogP contribution is -2.09. The maximum Gasteiger partial charge on any atom is 0.433 e. The summed E-state index contributed by atoms with van der Waals surface area (Å²) in [6.07, 6.45) is -3.75. The highest BCUT2D eigenvalue weighted by molar-refractivity contribution is 5.91. The van der Waals surface area contributed by atoms with Gasteiger partial charge in [-0.1, -0.05) is 11.6 Å². The van der Waals surface area contributed by atoms with Gasteiger partial charge in [0.25, 0.3) is 0 Å². The van der Waals surface area contributed by atoms with Gasteiger partial charge in [0.2, 0.25) is 0 Å². The Morgan fingerprint density at radius 2 is 2.00 bits per heavy atom. The number of nitrogens with zero attached hydrogens (tertiary/aromatic N) is 2. The molecule has 0 saturated carbocycles. The average molecular weight is 298 g/mol. The fourth-order valence-electron chi connectivity index (χ4n) is 1.55. The Morgan fingerprint density at radius 1 is 1.29 bits per heavy atom. The van der Waals surface area contributed by atoms with Crippen LogP contribution in [0.15, 0.2) is 30.5 Å². The van der Waals surface area contributed by atoms with Crippen molar-refractivity contribution in [3.8, 4) is 11.8 Å². The molecule has 0 atom stereocenters. The van der Waals surface area contributed by atoms with Gasteiger partial charge in [0, 0.05) is 6.20 Å². The molecule has 21 heavy (non-hydrogen) atoms. The van der Waals surface area contributed by atoms with Gasteiger partial charge in [-0.25, -0.2) is 9.78 Å². The molecule has 1 N–H and O–H groups in total. The van der Waals surface area contributed by atoms with E-state index >= 15 is 0 Å². The zero-order chi connectivity index (χ0) is 15.6. The standard InChI is InChI=1S/C13H9F3N2O3/c1-7-2-3-9(8(6-7)11(19)20)21-12-17-5-4-10(18-12)13(14,15)16/h2-6H,1H3,(H,19,20). The van der Waals surface area contributed by atoms with Crippen molar-refractivity contribution in [2.24, 2.45) is 0 Å². The molecule has 0 bridgehead atoms. The molecular formula is C13H9F3N2O3. The van der Waals surface area contributed by atoms with Crippen LogP contribution in [0.4, 0.5) is 13.2 Å². The van der Waals surface area contributed by atoms with E-state index in [1.54, 1.807) is 13.0 Å². The van der Waals surface area contributed by atoms with Crippen molar-refractivity contribution in [2.45, 2.75) is 13.1 Å². The Labute approximate surface area is 117 Å². The van der Waals surface area contributed by atoms with Gasteiger partial charge in [-0.15, -0.1) is 0 Å². The number of benzene rings is 1. The number of aromatic carboxylic acids is 1. The molecule has 0 spiro atoms. The Balaban J connectivity index is 2.37. The number of rotatable bonds is 3. The van der Waals surface area contributed by atoms with E-state index in [-0.39, 0.29) is 11.3 Å². The molecule has 8 heteroatoms. The van der Waals surface area contributed by atoms with Crippen molar-refractivity contribution in [1.29, 1.82) is 0 Å². The molecule has 110 valence electrons. The van der Waals surface area contributed by atoms with E-state index in [1.807, 2.05) is 0 Å². The summed E-state index contributed by atoms with van der Waals surface area (Å²) in [6.45, 7) is 1.68. The van der Waals surface area contributed by atoms with Crippen LogP contribution in [0.3, 0.4) is 0 Å². The molecule has 0 radical (unpaired) electrons. The van der Waals surface area contributed by atoms with Crippen molar-refractivity contribution in [3.63, 3.8) is 0 Å². The molecule has 2 aromatic rings. The number of halogens is 3. The number of aryl methyl sites for hydroxylation is 1. The third-order valence-electron chi connectivity index (χ3n) is 2.49. The van der Waals surface area contributed by atoms with Crippen LogP contribution in [-0.4, -0.2) is 21.0 Å². The van der Waals surface area contributed by atoms with Gasteiger partial charge < -0.3 is 9.84 Å². The Kier molecular flexibility index (Phi) is 3.79. The second-order valence-corrected chi connectivity index (χ2v) is 4.13. The largest absolute Gasteiger partial charge is 0.478 e. The van der Waals surface area contributed by atoms with Gasteiger partial charge in [-0.3, -0.25) is 0 Å². The predicted molar refractivity (Wildman–Crippen MR) is 65.2 cm³/mol. The summed E-state index contributed by atoms with van der Waals surface area (Å²) in [4.78, 5) is 17.8. The van der Waals surface area contributed by atoms with E-state index in [1.165, 1.54) is 12.1 Å². The first-order valence-corrected chi connectivity index (χ1v) is 5.69. The van der Waals surface area contributed by atoms with Gasteiger partial charge in [0.1, 0.15) is 11.3 Å². The molecule has 1 aromatic carbocycles. The summed E-state index contributed by atoms with van der Waals surface area (Å²) in [6, 6.07) is 4.36. The molecule has 0 amide bonds. The molecule has 1 heterocycles. The Bertz CT molecular complexity index is 687. The van der Waals surface area contributed by atoms with E-state index in [0.29, 0.717) is 11.6 Å². The third-order valence-corrected chi connectivity index (χ3v) is 2.49. The number of ether oxygens (including phenoxy) is 1. The summed E-state index contributed by atoms with van der Waals surface area (Å²) >= 11 is 0. The van der Waals surface area contributed by atoms with E-state index in [4.69, 9.17) is 9.84 Å². The monoisotopic (exact) mass is 298 g/mol. The van der Waals surface area contributed by atoms with Crippen LogP contribution in [0.25, 0.3) is 0 Å². The zero-order valence-electron chi connectivity index (χ0n) is 10.7. The van der Waals surface area contributed by atoms with E-state index < -0.39 is 23.8 Å². The highest BCUT2D eigenvalue weighted by Gasteiger charge is 2.33. The lowest BCUT2D eigenvalue weighted by Gasteiger charge is -2.10. The lowest BCUT2D eigenvalue weighted by molar-refractivity contribution is -0.141. The van der Waals surface area contributed by atoms with E-state index in [9.17, 15) is 18.0 Å². The minimum Gasteiger partial charge on any atom is -0.478 e. The van der Waals surface area contributed by atoms with Crippen LogP contribution >= 0.6 is 0 Å². The molecule has 0 aliphatic heterocycles. The summed E-state index contributed by atoms with van der Waals surface area (Å²) < 4.78 is 42.6. The number of alkyl halides is 3. The highest BCUT2D eigenvalue weighted by Crippen LogP contribution is 2.29. The van der Waals surface area contributed by atoms with Gasteiger partial charge in [-0.05, 0) is 25.1 Å². The number of aromatic nitrogens is 2. The quantitative estimate of drug-likeness (QED) is 0.941. The number of carbonyl (C=O) groups is 1. The van der Waals surface area contributed by atoms with Crippen molar-refractivity contribution >= 4 is 5.97 Å². The van der Waals surface area contributed by atoms with Crippen LogP contribution in [0.2, 0.25) is 0 Å². The van der Waals surface area contributed by atoms with Crippen molar-refractivity contribution < 1.29 is 27.8 Å². The summed E-state index contributed by atoms with van der Waals surface area (Å²) in [5, 5.41) is 9.05. The zero-order valence-corrected chi connectivity index (χ0v) is 10.7. The smallest absolute Gasteiger partial charge is 0.433 e. The number of carboxylic acids is 1. The second-order valence-electron chi connectivity index (χ2n) is 4.13. The first-order valence-electron chi connectivity index (χ1n) is 5.69. The van der Waals surface area contributed by atoms with Crippen molar-refractivity contribution in [1.82, 2.24) is 9.97 Å². The predicted octanol–water partition coefficient (Wildman–Crippen LogP) is 3.29. The maximum atomic E-state index is 12.5. The first kappa shape index (κ1) is 14.8. The van der Waals surface area contributed by atoms with Gasteiger partial charge in [0.15, 0.2) is 5.69 Å². The maximum absolute atomic E-state index is 12.5. The third kappa shape index (κ3) is 3.47. The fraction of sp³-hybridized carbons (Fsp3) is 0.154. The van der Waals surface area contributed by atoms with Gasteiger partial charge >= 0.3 is 18.2 Å². The molecule has 5 nitrogen and oxygen atoms in total. The molecule has 1 aromatic heterocycles. The van der Waals surface area contributed by atoms with Crippen LogP contribution in [0.1, 0.15) is 21.6 Å². The number of hydrogen-bond acceptors (Lipinski definition) is 4. The molecule has 0 fully saturated rings. The van der Waals surface area contributed by atoms with Gasteiger partial charge in [0.05, 0.1) is 0 Å².